The second-order valence-corrected chi connectivity index (χ2v) is 8.29. The van der Waals surface area contributed by atoms with Crippen molar-refractivity contribution in [1.29, 1.82) is 0 Å². The number of benzene rings is 2. The number of phenolic OH excluding ortho intramolecular Hbond substituents is 1. The van der Waals surface area contributed by atoms with Gasteiger partial charge in [0.05, 0.1) is 26.0 Å². The van der Waals surface area contributed by atoms with Crippen LogP contribution in [0.2, 0.25) is 0 Å². The van der Waals surface area contributed by atoms with Gasteiger partial charge in [0.2, 0.25) is 0 Å². The molecule has 0 amide bonds. The maximum Gasteiger partial charge on any atom is 0.147 e. The molecule has 7 nitrogen and oxygen atoms in total. The third kappa shape index (κ3) is 5.93. The molecule has 0 aromatic heterocycles. The molecule has 0 radical (unpaired) electrons. The summed E-state index contributed by atoms with van der Waals surface area (Å²) in [7, 11) is 1.62. The Morgan fingerprint density at radius 2 is 1.73 bits per heavy atom. The van der Waals surface area contributed by atoms with Crippen LogP contribution in [0.15, 0.2) is 46.6 Å². The van der Waals surface area contributed by atoms with Crippen LogP contribution in [0.1, 0.15) is 26.3 Å². The maximum absolute atomic E-state index is 10.8. The number of aromatic hydroxyl groups is 1. The third-order valence-corrected chi connectivity index (χ3v) is 5.00. The van der Waals surface area contributed by atoms with E-state index in [9.17, 15) is 5.11 Å². The fraction of sp³-hybridized carbons (Fsp3) is 0.478. The molecule has 0 spiro atoms. The quantitative estimate of drug-likeness (QED) is 0.658. The first-order chi connectivity index (χ1) is 14.4. The van der Waals surface area contributed by atoms with Crippen LogP contribution < -0.4 is 9.47 Å². The molecule has 1 aliphatic rings. The second kappa shape index (κ2) is 9.91. The normalized spacial score (nSPS) is 15.5. The fourth-order valence-electron chi connectivity index (χ4n) is 3.20. The number of nitrogens with zero attached hydrogens (tertiary/aromatic N) is 3. The van der Waals surface area contributed by atoms with Crippen molar-refractivity contribution < 1.29 is 19.3 Å². The molecule has 1 aliphatic heterocycles. The first-order valence-corrected chi connectivity index (χ1v) is 10.2. The van der Waals surface area contributed by atoms with E-state index in [1.807, 2.05) is 51.1 Å². The van der Waals surface area contributed by atoms with E-state index in [2.05, 4.69) is 15.1 Å². The van der Waals surface area contributed by atoms with Crippen LogP contribution in [0.25, 0.3) is 0 Å². The van der Waals surface area contributed by atoms with Crippen molar-refractivity contribution in [3.05, 3.63) is 42.0 Å². The minimum absolute atomic E-state index is 0.125. The van der Waals surface area contributed by atoms with Crippen LogP contribution in [0.3, 0.4) is 0 Å². The summed E-state index contributed by atoms with van der Waals surface area (Å²) < 4.78 is 16.6. The van der Waals surface area contributed by atoms with E-state index in [0.29, 0.717) is 23.7 Å². The van der Waals surface area contributed by atoms with Crippen LogP contribution in [-0.4, -0.2) is 56.6 Å². The molecule has 0 saturated carbocycles. The molecule has 0 unspecified atom stereocenters. The lowest BCUT2D eigenvalue weighted by Crippen LogP contribution is -2.38. The highest BCUT2D eigenvalue weighted by Gasteiger charge is 2.22. The summed E-state index contributed by atoms with van der Waals surface area (Å²) in [5.74, 6) is 1.55. The molecule has 1 N–H and O–H groups in total. The topological polar surface area (TPSA) is 75.9 Å². The summed E-state index contributed by atoms with van der Waals surface area (Å²) in [6, 6.07) is 10.9. The number of methoxy groups -OCH3 is 1. The van der Waals surface area contributed by atoms with Crippen molar-refractivity contribution in [3.8, 4) is 17.2 Å². The smallest absolute Gasteiger partial charge is 0.147 e. The molecule has 1 fully saturated rings. The van der Waals surface area contributed by atoms with E-state index in [1.54, 1.807) is 13.2 Å². The van der Waals surface area contributed by atoms with Gasteiger partial charge < -0.3 is 19.3 Å². The summed E-state index contributed by atoms with van der Waals surface area (Å²) in [5.41, 5.74) is 1.57. The number of ether oxygens (including phenoxy) is 3. The first kappa shape index (κ1) is 22.1. The van der Waals surface area contributed by atoms with Crippen LogP contribution >= 0.6 is 0 Å². The van der Waals surface area contributed by atoms with Crippen molar-refractivity contribution >= 4 is 11.4 Å². The minimum atomic E-state index is -0.266. The van der Waals surface area contributed by atoms with Gasteiger partial charge in [0.25, 0.3) is 0 Å². The zero-order chi connectivity index (χ0) is 21.6. The molecule has 3 rings (SSSR count). The Morgan fingerprint density at radius 3 is 2.37 bits per heavy atom. The lowest BCUT2D eigenvalue weighted by molar-refractivity contribution is 0.0322. The summed E-state index contributed by atoms with van der Waals surface area (Å²) in [6.07, 6.45) is 0. The number of phenols is 1. The molecular weight excluding hydrogens is 382 g/mol. The molecule has 7 heteroatoms. The zero-order valence-electron chi connectivity index (χ0n) is 18.2. The number of rotatable bonds is 7. The second-order valence-electron chi connectivity index (χ2n) is 8.29. The third-order valence-electron chi connectivity index (χ3n) is 5.00. The van der Waals surface area contributed by atoms with Gasteiger partial charge >= 0.3 is 0 Å². The van der Waals surface area contributed by atoms with Crippen molar-refractivity contribution in [3.63, 3.8) is 0 Å². The highest BCUT2D eigenvalue weighted by Crippen LogP contribution is 2.41. The highest BCUT2D eigenvalue weighted by atomic mass is 16.5. The summed E-state index contributed by atoms with van der Waals surface area (Å²) in [4.78, 5) is 2.32. The van der Waals surface area contributed by atoms with E-state index in [1.165, 1.54) is 0 Å². The van der Waals surface area contributed by atoms with Gasteiger partial charge in [0.1, 0.15) is 29.5 Å². The fourth-order valence-corrected chi connectivity index (χ4v) is 3.20. The van der Waals surface area contributed by atoms with Gasteiger partial charge in [-0.15, -0.1) is 5.11 Å². The molecule has 1 heterocycles. The Kier molecular flexibility index (Phi) is 7.29. The molecule has 0 bridgehead atoms. The molecular formula is C23H31N3O4. The average Bonchev–Trinajstić information content (AvgIpc) is 2.74. The predicted octanol–water partition coefficient (Wildman–Crippen LogP) is 4.82. The number of morpholine rings is 1. The lowest BCUT2D eigenvalue weighted by atomic mass is 9.86. The Hall–Kier alpha value is -2.64. The molecule has 162 valence electrons. The molecule has 30 heavy (non-hydrogen) atoms. The number of azo groups is 1. The summed E-state index contributed by atoms with van der Waals surface area (Å²) >= 11 is 0. The van der Waals surface area contributed by atoms with E-state index >= 15 is 0 Å². The van der Waals surface area contributed by atoms with E-state index in [-0.39, 0.29) is 11.2 Å². The van der Waals surface area contributed by atoms with Crippen LogP contribution in [-0.2, 0) is 10.2 Å². The minimum Gasteiger partial charge on any atom is -0.505 e. The Bertz CT molecular complexity index is 854. The Balaban J connectivity index is 1.78. The highest BCUT2D eigenvalue weighted by molar-refractivity contribution is 5.61. The maximum atomic E-state index is 10.8. The SMILES string of the molecule is COc1ccc(N=Nc2cc(OCCN3CCOCC3)cc(C(C)(C)C)c2O)cc1. The van der Waals surface area contributed by atoms with E-state index in [4.69, 9.17) is 14.2 Å². The van der Waals surface area contributed by atoms with Crippen molar-refractivity contribution in [2.75, 3.05) is 46.6 Å². The Morgan fingerprint density at radius 1 is 1.03 bits per heavy atom. The molecule has 0 aliphatic carbocycles. The number of hydrogen-bond donors (Lipinski definition) is 1. The Labute approximate surface area is 178 Å². The van der Waals surface area contributed by atoms with Gasteiger partial charge in [-0.2, -0.15) is 5.11 Å². The number of hydrogen-bond acceptors (Lipinski definition) is 7. The monoisotopic (exact) mass is 413 g/mol. The van der Waals surface area contributed by atoms with Gasteiger partial charge in [0.15, 0.2) is 0 Å². The van der Waals surface area contributed by atoms with Crippen LogP contribution in [0, 0.1) is 0 Å². The molecule has 0 atom stereocenters. The molecule has 2 aromatic carbocycles. The van der Waals surface area contributed by atoms with E-state index < -0.39 is 0 Å². The molecule has 2 aromatic rings. The van der Waals surface area contributed by atoms with Crippen molar-refractivity contribution in [2.24, 2.45) is 10.2 Å². The van der Waals surface area contributed by atoms with E-state index in [0.717, 1.165) is 44.2 Å². The van der Waals surface area contributed by atoms with Crippen LogP contribution in [0.4, 0.5) is 11.4 Å². The van der Waals surface area contributed by atoms with Gasteiger partial charge in [-0.05, 0) is 35.7 Å². The largest absolute Gasteiger partial charge is 0.505 e. The van der Waals surface area contributed by atoms with Crippen LogP contribution in [0.5, 0.6) is 17.2 Å². The predicted molar refractivity (Wildman–Crippen MR) is 117 cm³/mol. The van der Waals surface area contributed by atoms with Gasteiger partial charge in [0, 0.05) is 31.3 Å². The van der Waals surface area contributed by atoms with Crippen molar-refractivity contribution in [1.82, 2.24) is 4.90 Å². The van der Waals surface area contributed by atoms with Gasteiger partial charge in [-0.3, -0.25) is 4.90 Å². The summed E-state index contributed by atoms with van der Waals surface area (Å²) in [5, 5.41) is 19.3. The first-order valence-electron chi connectivity index (χ1n) is 10.2. The summed E-state index contributed by atoms with van der Waals surface area (Å²) in [6.45, 7) is 10.9. The van der Waals surface area contributed by atoms with Gasteiger partial charge in [-0.25, -0.2) is 0 Å². The zero-order valence-corrected chi connectivity index (χ0v) is 18.2. The van der Waals surface area contributed by atoms with Crippen molar-refractivity contribution in [2.45, 2.75) is 26.2 Å². The average molecular weight is 414 g/mol. The molecule has 1 saturated heterocycles. The van der Waals surface area contributed by atoms with Gasteiger partial charge in [-0.1, -0.05) is 20.8 Å². The standard InChI is InChI=1S/C23H31N3O4/c1-23(2,3)20-15-19(30-14-11-26-9-12-29-13-10-26)16-21(22(20)27)25-24-17-5-7-18(28-4)8-6-17/h5-8,15-16,27H,9-14H2,1-4H3. The lowest BCUT2D eigenvalue weighted by Gasteiger charge is -2.26.